The van der Waals surface area contributed by atoms with Gasteiger partial charge in [0.2, 0.25) is 0 Å². The molecule has 0 spiro atoms. The highest BCUT2D eigenvalue weighted by Gasteiger charge is 2.08. The number of aromatic nitrogens is 3. The van der Waals surface area contributed by atoms with Crippen LogP contribution in [0.25, 0.3) is 0 Å². The average molecular weight is 307 g/mol. The van der Waals surface area contributed by atoms with Crippen LogP contribution in [0.4, 0.5) is 0 Å². The number of aryl methyl sites for hydroxylation is 1. The molecule has 3 rings (SSSR count). The number of carbonyl (C=O) groups excluding carboxylic acids is 1. The van der Waals surface area contributed by atoms with E-state index in [-0.39, 0.29) is 12.3 Å². The summed E-state index contributed by atoms with van der Waals surface area (Å²) in [7, 11) is 0. The molecule has 0 atom stereocenters. The number of Topliss-reactive ketones (excluding diaryl/α,β-unsaturated/α-hetero) is 1. The van der Waals surface area contributed by atoms with Gasteiger partial charge in [-0.3, -0.25) is 4.79 Å². The van der Waals surface area contributed by atoms with Gasteiger partial charge in [0.1, 0.15) is 24.6 Å². The maximum absolute atomic E-state index is 12.1. The first-order valence-electron chi connectivity index (χ1n) is 7.37. The van der Waals surface area contributed by atoms with Crippen molar-refractivity contribution < 1.29 is 9.53 Å². The molecule has 3 aromatic rings. The van der Waals surface area contributed by atoms with Crippen LogP contribution in [-0.4, -0.2) is 20.8 Å². The second-order valence-electron chi connectivity index (χ2n) is 5.30. The van der Waals surface area contributed by atoms with Crippen molar-refractivity contribution >= 4 is 5.78 Å². The fourth-order valence-electron chi connectivity index (χ4n) is 2.14. The lowest BCUT2D eigenvalue weighted by Crippen LogP contribution is -2.10. The van der Waals surface area contributed by atoms with E-state index in [1.807, 2.05) is 49.4 Å². The van der Waals surface area contributed by atoms with Gasteiger partial charge in [-0.05, 0) is 19.1 Å². The summed E-state index contributed by atoms with van der Waals surface area (Å²) in [6, 6.07) is 17.0. The van der Waals surface area contributed by atoms with E-state index >= 15 is 0 Å². The number of ketones is 1. The van der Waals surface area contributed by atoms with Crippen molar-refractivity contribution in [3.8, 4) is 5.75 Å². The molecule has 116 valence electrons. The predicted octanol–water partition coefficient (Wildman–Crippen LogP) is 3.05. The van der Waals surface area contributed by atoms with Crippen LogP contribution in [0.15, 0.2) is 60.8 Å². The Labute approximate surface area is 134 Å². The lowest BCUT2D eigenvalue weighted by molar-refractivity contribution is 0.0967. The molecule has 1 aromatic heterocycles. The van der Waals surface area contributed by atoms with Crippen molar-refractivity contribution in [2.24, 2.45) is 0 Å². The maximum Gasteiger partial charge on any atom is 0.184 e. The first-order valence-corrected chi connectivity index (χ1v) is 7.37. The Morgan fingerprint density at radius 3 is 2.57 bits per heavy atom. The Hall–Kier alpha value is -2.95. The van der Waals surface area contributed by atoms with Crippen LogP contribution in [0, 0.1) is 6.92 Å². The molecule has 0 aliphatic carbocycles. The van der Waals surface area contributed by atoms with Gasteiger partial charge in [0.15, 0.2) is 5.78 Å². The van der Waals surface area contributed by atoms with Gasteiger partial charge in [0.25, 0.3) is 0 Å². The van der Waals surface area contributed by atoms with Crippen LogP contribution in [0.2, 0.25) is 0 Å². The summed E-state index contributed by atoms with van der Waals surface area (Å²) in [6.07, 6.45) is 1.73. The van der Waals surface area contributed by atoms with Crippen LogP contribution < -0.4 is 4.74 Å². The van der Waals surface area contributed by atoms with E-state index in [2.05, 4.69) is 10.3 Å². The minimum atomic E-state index is 0.00139. The molecule has 0 aliphatic heterocycles. The van der Waals surface area contributed by atoms with Gasteiger partial charge in [-0.2, -0.15) is 0 Å². The summed E-state index contributed by atoms with van der Waals surface area (Å²) >= 11 is 0. The molecule has 0 bridgehead atoms. The molecule has 0 amide bonds. The third kappa shape index (κ3) is 4.03. The van der Waals surface area contributed by atoms with Crippen LogP contribution in [-0.2, 0) is 13.2 Å². The van der Waals surface area contributed by atoms with Crippen molar-refractivity contribution in [3.63, 3.8) is 0 Å². The molecule has 2 aromatic carbocycles. The maximum atomic E-state index is 12.1. The van der Waals surface area contributed by atoms with Gasteiger partial charge in [-0.15, -0.1) is 5.10 Å². The number of rotatable bonds is 6. The highest BCUT2D eigenvalue weighted by Crippen LogP contribution is 2.13. The van der Waals surface area contributed by atoms with Crippen molar-refractivity contribution in [1.82, 2.24) is 15.0 Å². The van der Waals surface area contributed by atoms with E-state index in [1.54, 1.807) is 18.3 Å². The molecule has 0 radical (unpaired) electrons. The SMILES string of the molecule is Cc1ccc(OCc2cn(CC(=O)c3ccccc3)nn2)cc1. The Morgan fingerprint density at radius 1 is 1.09 bits per heavy atom. The van der Waals surface area contributed by atoms with Crippen molar-refractivity contribution in [2.75, 3.05) is 0 Å². The van der Waals surface area contributed by atoms with Crippen molar-refractivity contribution in [3.05, 3.63) is 77.6 Å². The zero-order valence-corrected chi connectivity index (χ0v) is 12.8. The molecule has 5 nitrogen and oxygen atoms in total. The molecular formula is C18H17N3O2. The molecule has 0 aliphatic rings. The highest BCUT2D eigenvalue weighted by atomic mass is 16.5. The van der Waals surface area contributed by atoms with Crippen LogP contribution in [0.1, 0.15) is 21.6 Å². The number of benzene rings is 2. The molecule has 0 N–H and O–H groups in total. The standard InChI is InChI=1S/C18H17N3O2/c1-14-7-9-17(10-8-14)23-13-16-11-21(20-19-16)12-18(22)15-5-3-2-4-6-15/h2-11H,12-13H2,1H3. The summed E-state index contributed by atoms with van der Waals surface area (Å²) in [5.74, 6) is 0.784. The number of hydrogen-bond donors (Lipinski definition) is 0. The summed E-state index contributed by atoms with van der Waals surface area (Å²) in [5.41, 5.74) is 2.54. The number of carbonyl (C=O) groups is 1. The fourth-order valence-corrected chi connectivity index (χ4v) is 2.14. The monoisotopic (exact) mass is 307 g/mol. The van der Waals surface area contributed by atoms with E-state index in [0.29, 0.717) is 17.9 Å². The minimum absolute atomic E-state index is 0.00139. The van der Waals surface area contributed by atoms with E-state index in [4.69, 9.17) is 4.74 Å². The second-order valence-corrected chi connectivity index (χ2v) is 5.30. The Balaban J connectivity index is 1.57. The normalized spacial score (nSPS) is 10.5. The Morgan fingerprint density at radius 2 is 1.83 bits per heavy atom. The first-order chi connectivity index (χ1) is 11.2. The molecule has 23 heavy (non-hydrogen) atoms. The van der Waals surface area contributed by atoms with Crippen LogP contribution in [0.3, 0.4) is 0 Å². The first kappa shape index (κ1) is 15.0. The number of ether oxygens (including phenoxy) is 1. The number of hydrogen-bond acceptors (Lipinski definition) is 4. The Bertz CT molecular complexity index is 780. The molecule has 0 saturated heterocycles. The van der Waals surface area contributed by atoms with E-state index in [1.165, 1.54) is 10.2 Å². The molecule has 5 heteroatoms. The van der Waals surface area contributed by atoms with E-state index in [0.717, 1.165) is 5.75 Å². The van der Waals surface area contributed by atoms with Gasteiger partial charge in [-0.1, -0.05) is 53.2 Å². The largest absolute Gasteiger partial charge is 0.487 e. The van der Waals surface area contributed by atoms with E-state index < -0.39 is 0 Å². The van der Waals surface area contributed by atoms with Gasteiger partial charge >= 0.3 is 0 Å². The zero-order chi connectivity index (χ0) is 16.1. The topological polar surface area (TPSA) is 57.0 Å². The quantitative estimate of drug-likeness (QED) is 0.657. The van der Waals surface area contributed by atoms with Crippen molar-refractivity contribution in [1.29, 1.82) is 0 Å². The predicted molar refractivity (Wildman–Crippen MR) is 86.3 cm³/mol. The Kier molecular flexibility index (Phi) is 4.47. The summed E-state index contributed by atoms with van der Waals surface area (Å²) in [6.45, 7) is 2.52. The summed E-state index contributed by atoms with van der Waals surface area (Å²) < 4.78 is 7.18. The number of nitrogens with zero attached hydrogens (tertiary/aromatic N) is 3. The van der Waals surface area contributed by atoms with Gasteiger partial charge < -0.3 is 4.74 Å². The highest BCUT2D eigenvalue weighted by molar-refractivity contribution is 5.95. The van der Waals surface area contributed by atoms with Gasteiger partial charge in [0, 0.05) is 5.56 Å². The molecule has 0 saturated carbocycles. The van der Waals surface area contributed by atoms with E-state index in [9.17, 15) is 4.79 Å². The lowest BCUT2D eigenvalue weighted by Gasteiger charge is -2.03. The summed E-state index contributed by atoms with van der Waals surface area (Å²) in [5, 5.41) is 8.01. The molecular weight excluding hydrogens is 290 g/mol. The van der Waals surface area contributed by atoms with Crippen LogP contribution >= 0.6 is 0 Å². The minimum Gasteiger partial charge on any atom is -0.487 e. The van der Waals surface area contributed by atoms with Gasteiger partial charge in [0.05, 0.1) is 6.20 Å². The smallest absolute Gasteiger partial charge is 0.184 e. The molecule has 1 heterocycles. The molecule has 0 unspecified atom stereocenters. The second kappa shape index (κ2) is 6.87. The lowest BCUT2D eigenvalue weighted by atomic mass is 10.1. The third-order valence-electron chi connectivity index (χ3n) is 3.40. The van der Waals surface area contributed by atoms with Gasteiger partial charge in [-0.25, -0.2) is 4.68 Å². The zero-order valence-electron chi connectivity index (χ0n) is 12.8. The molecule has 0 fully saturated rings. The third-order valence-corrected chi connectivity index (χ3v) is 3.40. The average Bonchev–Trinajstić information content (AvgIpc) is 3.02. The van der Waals surface area contributed by atoms with Crippen LogP contribution in [0.5, 0.6) is 5.75 Å². The van der Waals surface area contributed by atoms with Crippen molar-refractivity contribution in [2.45, 2.75) is 20.1 Å². The summed E-state index contributed by atoms with van der Waals surface area (Å²) in [4.78, 5) is 12.1. The fraction of sp³-hybridized carbons (Fsp3) is 0.167.